The minimum atomic E-state index is -4.80. The third-order valence-corrected chi connectivity index (χ3v) is 8.89. The first kappa shape index (κ1) is 27.3. The van der Waals surface area contributed by atoms with Gasteiger partial charge in [-0.15, -0.1) is 10.2 Å². The van der Waals surface area contributed by atoms with Gasteiger partial charge in [-0.05, 0) is 48.6 Å². The Balaban J connectivity index is 1.73. The lowest BCUT2D eigenvalue weighted by Gasteiger charge is -2.29. The third-order valence-electron chi connectivity index (χ3n) is 5.52. The summed E-state index contributed by atoms with van der Waals surface area (Å²) in [4.78, 5) is 32.8. The van der Waals surface area contributed by atoms with Gasteiger partial charge in [0.1, 0.15) is 11.5 Å². The van der Waals surface area contributed by atoms with Crippen LogP contribution in [-0.2, 0) is 14.6 Å². The highest BCUT2D eigenvalue weighted by molar-refractivity contribution is 7.93. The normalized spacial score (nSPS) is 16.3. The molecule has 2 N–H and O–H groups in total. The Morgan fingerprint density at radius 2 is 1.89 bits per heavy atom. The number of amides is 1. The molecule has 1 unspecified atom stereocenters. The van der Waals surface area contributed by atoms with Crippen LogP contribution in [0, 0.1) is 0 Å². The fourth-order valence-electron chi connectivity index (χ4n) is 3.80. The predicted octanol–water partition coefficient (Wildman–Crippen LogP) is 3.41. The van der Waals surface area contributed by atoms with Gasteiger partial charge < -0.3 is 14.7 Å². The summed E-state index contributed by atoms with van der Waals surface area (Å²) in [5.41, 5.74) is 0.865. The van der Waals surface area contributed by atoms with Gasteiger partial charge in [-0.1, -0.05) is 23.2 Å². The number of aromatic nitrogens is 3. The van der Waals surface area contributed by atoms with Gasteiger partial charge >= 0.3 is 7.60 Å². The molecule has 37 heavy (non-hydrogen) atoms. The Kier molecular flexibility index (Phi) is 7.53. The standard InChI is InChI=1S/C22H22Cl2N5O6PS/c1-27(2)22(30)19-4-6-21(26-25-19)28-8-7-14-9-17(3-5-20(14)28)29(13-36(31,32)33)37(34,35)18-11-15(23)10-16(24)12-18/h3-11,18H,12-13H2,1-2H3,(H2,31,32,33). The van der Waals surface area contributed by atoms with Gasteiger partial charge in [-0.25, -0.2) is 8.42 Å². The van der Waals surface area contributed by atoms with Gasteiger partial charge in [0.2, 0.25) is 10.0 Å². The summed E-state index contributed by atoms with van der Waals surface area (Å²) < 4.78 is 41.3. The summed E-state index contributed by atoms with van der Waals surface area (Å²) in [6, 6.07) is 9.40. The number of allylic oxidation sites excluding steroid dienone is 3. The number of nitrogens with zero attached hydrogens (tertiary/aromatic N) is 5. The van der Waals surface area contributed by atoms with Gasteiger partial charge in [0, 0.05) is 42.2 Å². The largest absolute Gasteiger partial charge is 0.345 e. The maximum absolute atomic E-state index is 13.5. The van der Waals surface area contributed by atoms with Crippen LogP contribution in [0.4, 0.5) is 5.69 Å². The third kappa shape index (κ3) is 5.90. The summed E-state index contributed by atoms with van der Waals surface area (Å²) in [6.07, 6.45) is 3.25. The zero-order valence-electron chi connectivity index (χ0n) is 19.6. The van der Waals surface area contributed by atoms with E-state index in [1.165, 1.54) is 29.2 Å². The summed E-state index contributed by atoms with van der Waals surface area (Å²) in [7, 11) is -5.90. The molecule has 1 aliphatic rings. The SMILES string of the molecule is CN(C)C(=O)c1ccc(-n2ccc3cc(N(CP(=O)(O)O)S(=O)(=O)C4C=C(Cl)C=C(Cl)C4)ccc32)nn1. The van der Waals surface area contributed by atoms with E-state index < -0.39 is 29.2 Å². The van der Waals surface area contributed by atoms with Crippen molar-refractivity contribution in [1.82, 2.24) is 19.7 Å². The number of rotatable bonds is 7. The molecular formula is C22H22Cl2N5O6PS. The van der Waals surface area contributed by atoms with Crippen molar-refractivity contribution < 1.29 is 27.6 Å². The van der Waals surface area contributed by atoms with E-state index in [0.717, 1.165) is 0 Å². The maximum Gasteiger partial charge on any atom is 0.345 e. The smallest absolute Gasteiger partial charge is 0.343 e. The first-order valence-electron chi connectivity index (χ1n) is 10.7. The number of sulfonamides is 1. The summed E-state index contributed by atoms with van der Waals surface area (Å²) >= 11 is 12.0. The average molecular weight is 586 g/mol. The zero-order chi connectivity index (χ0) is 27.1. The van der Waals surface area contributed by atoms with Crippen molar-refractivity contribution in [3.05, 3.63) is 70.5 Å². The van der Waals surface area contributed by atoms with Gasteiger partial charge in [-0.2, -0.15) is 0 Å². The summed E-state index contributed by atoms with van der Waals surface area (Å²) in [5, 5.41) is 7.79. The molecular weight excluding hydrogens is 564 g/mol. The van der Waals surface area contributed by atoms with Gasteiger partial charge in [-0.3, -0.25) is 18.2 Å². The van der Waals surface area contributed by atoms with Crippen molar-refractivity contribution in [2.45, 2.75) is 11.7 Å². The van der Waals surface area contributed by atoms with E-state index in [4.69, 9.17) is 23.2 Å². The lowest BCUT2D eigenvalue weighted by atomic mass is 10.2. The average Bonchev–Trinajstić information content (AvgIpc) is 3.24. The fourth-order valence-corrected chi connectivity index (χ4v) is 7.62. The van der Waals surface area contributed by atoms with Crippen LogP contribution >= 0.6 is 30.8 Å². The number of fused-ring (bicyclic) bond motifs is 1. The predicted molar refractivity (Wildman–Crippen MR) is 141 cm³/mol. The topological polar surface area (TPSA) is 146 Å². The molecule has 0 radical (unpaired) electrons. The van der Waals surface area contributed by atoms with E-state index in [9.17, 15) is 27.6 Å². The van der Waals surface area contributed by atoms with E-state index in [1.54, 1.807) is 49.1 Å². The highest BCUT2D eigenvalue weighted by Gasteiger charge is 2.36. The molecule has 15 heteroatoms. The Labute approximate surface area is 222 Å². The number of halogens is 2. The minimum Gasteiger partial charge on any atom is -0.343 e. The second kappa shape index (κ2) is 10.2. The number of carbonyl (C=O) groups is 1. The van der Waals surface area contributed by atoms with Crippen LogP contribution in [0.3, 0.4) is 0 Å². The van der Waals surface area contributed by atoms with Crippen molar-refractivity contribution >= 4 is 63.3 Å². The highest BCUT2D eigenvalue weighted by atomic mass is 35.5. The molecule has 1 aliphatic carbocycles. The Morgan fingerprint density at radius 1 is 1.16 bits per heavy atom. The first-order valence-corrected chi connectivity index (χ1v) is 14.8. The molecule has 0 aliphatic heterocycles. The molecule has 1 atom stereocenters. The molecule has 0 spiro atoms. The fraction of sp³-hybridized carbons (Fsp3) is 0.227. The Hall–Kier alpha value is -2.73. The molecule has 3 aromatic rings. The number of hydrogen-bond donors (Lipinski definition) is 2. The second-order valence-electron chi connectivity index (χ2n) is 8.49. The molecule has 1 aromatic carbocycles. The first-order chi connectivity index (χ1) is 17.3. The van der Waals surface area contributed by atoms with Crippen molar-refractivity contribution in [3.8, 4) is 5.82 Å². The lowest BCUT2D eigenvalue weighted by Crippen LogP contribution is -2.39. The monoisotopic (exact) mass is 585 g/mol. The quantitative estimate of drug-likeness (QED) is 0.401. The highest BCUT2D eigenvalue weighted by Crippen LogP contribution is 2.41. The Morgan fingerprint density at radius 3 is 2.49 bits per heavy atom. The molecule has 0 saturated carbocycles. The molecule has 11 nitrogen and oxygen atoms in total. The molecule has 1 amide bonds. The van der Waals surface area contributed by atoms with Crippen LogP contribution in [0.25, 0.3) is 16.7 Å². The van der Waals surface area contributed by atoms with E-state index in [0.29, 0.717) is 21.0 Å². The summed E-state index contributed by atoms with van der Waals surface area (Å²) in [6.45, 7) is 0. The molecule has 196 valence electrons. The maximum atomic E-state index is 13.5. The van der Waals surface area contributed by atoms with E-state index >= 15 is 0 Å². The Bertz CT molecular complexity index is 1580. The second-order valence-corrected chi connectivity index (χ2v) is 13.1. The van der Waals surface area contributed by atoms with E-state index in [1.807, 2.05) is 0 Å². The van der Waals surface area contributed by atoms with Crippen molar-refractivity contribution in [1.29, 1.82) is 0 Å². The van der Waals surface area contributed by atoms with Gasteiger partial charge in [0.15, 0.2) is 11.5 Å². The van der Waals surface area contributed by atoms with Crippen LogP contribution in [-0.4, -0.2) is 69.4 Å². The number of carbonyl (C=O) groups excluding carboxylic acids is 1. The molecule has 0 saturated heterocycles. The minimum absolute atomic E-state index is 0.0572. The lowest BCUT2D eigenvalue weighted by molar-refractivity contribution is 0.0820. The van der Waals surface area contributed by atoms with Crippen molar-refractivity contribution in [2.24, 2.45) is 0 Å². The number of anilines is 1. The van der Waals surface area contributed by atoms with Crippen LogP contribution in [0.5, 0.6) is 0 Å². The molecule has 0 fully saturated rings. The zero-order valence-corrected chi connectivity index (χ0v) is 22.8. The summed E-state index contributed by atoms with van der Waals surface area (Å²) in [5.74, 6) is 0.124. The van der Waals surface area contributed by atoms with Gasteiger partial charge in [0.25, 0.3) is 5.91 Å². The molecule has 0 bridgehead atoms. The van der Waals surface area contributed by atoms with Crippen molar-refractivity contribution in [3.63, 3.8) is 0 Å². The van der Waals surface area contributed by atoms with Crippen LogP contribution in [0.1, 0.15) is 16.9 Å². The van der Waals surface area contributed by atoms with Crippen LogP contribution in [0.2, 0.25) is 0 Å². The number of benzene rings is 1. The van der Waals surface area contributed by atoms with Crippen LogP contribution in [0.15, 0.2) is 64.8 Å². The van der Waals surface area contributed by atoms with Crippen LogP contribution < -0.4 is 4.31 Å². The van der Waals surface area contributed by atoms with E-state index in [2.05, 4.69) is 10.2 Å². The molecule has 2 aromatic heterocycles. The van der Waals surface area contributed by atoms with Crippen molar-refractivity contribution in [2.75, 3.05) is 24.7 Å². The molecule has 4 rings (SSSR count). The van der Waals surface area contributed by atoms with E-state index in [-0.39, 0.29) is 33.8 Å². The number of hydrogen-bond acceptors (Lipinski definition) is 6. The van der Waals surface area contributed by atoms with Gasteiger partial charge in [0.05, 0.1) is 11.2 Å². The molecule has 2 heterocycles.